The van der Waals surface area contributed by atoms with Crippen LogP contribution in [0.4, 0.5) is 0 Å². The molecule has 0 saturated heterocycles. The molecule has 0 spiro atoms. The third kappa shape index (κ3) is 2.30. The number of ketones is 1. The van der Waals surface area contributed by atoms with E-state index < -0.39 is 15.4 Å². The summed E-state index contributed by atoms with van der Waals surface area (Å²) in [7, 11) is -3.01. The molecular formula is C11H19NO3S. The van der Waals surface area contributed by atoms with Gasteiger partial charge in [0.15, 0.2) is 5.78 Å². The lowest BCUT2D eigenvalue weighted by Crippen LogP contribution is -2.41. The van der Waals surface area contributed by atoms with Crippen molar-refractivity contribution < 1.29 is 13.2 Å². The van der Waals surface area contributed by atoms with E-state index in [9.17, 15) is 13.2 Å². The van der Waals surface area contributed by atoms with E-state index in [1.165, 1.54) is 6.26 Å². The second kappa shape index (κ2) is 3.81. The highest BCUT2D eigenvalue weighted by molar-refractivity contribution is 7.91. The van der Waals surface area contributed by atoms with Crippen LogP contribution in [-0.2, 0) is 14.6 Å². The molecule has 2 aliphatic carbocycles. The molecule has 92 valence electrons. The van der Waals surface area contributed by atoms with Crippen molar-refractivity contribution in [2.75, 3.05) is 6.26 Å². The van der Waals surface area contributed by atoms with Crippen molar-refractivity contribution in [2.24, 2.45) is 11.7 Å². The Hall–Kier alpha value is -0.420. The van der Waals surface area contributed by atoms with Crippen LogP contribution in [0.5, 0.6) is 0 Å². The number of rotatable bonds is 3. The fraction of sp³-hybridized carbons (Fsp3) is 0.909. The molecule has 0 bridgehead atoms. The highest BCUT2D eigenvalue weighted by Crippen LogP contribution is 2.40. The summed E-state index contributed by atoms with van der Waals surface area (Å²) in [4.78, 5) is 12.0. The number of Topliss-reactive ketones (excluding diaryl/α,β-unsaturated/α-hetero) is 1. The van der Waals surface area contributed by atoms with E-state index >= 15 is 0 Å². The second-order valence-corrected chi connectivity index (χ2v) is 7.66. The van der Waals surface area contributed by atoms with Gasteiger partial charge in [-0.05, 0) is 32.1 Å². The minimum Gasteiger partial charge on any atom is -0.319 e. The molecule has 2 fully saturated rings. The monoisotopic (exact) mass is 245 g/mol. The van der Waals surface area contributed by atoms with Gasteiger partial charge in [-0.15, -0.1) is 0 Å². The summed E-state index contributed by atoms with van der Waals surface area (Å²) in [5.74, 6) is -0.0261. The van der Waals surface area contributed by atoms with E-state index in [1.54, 1.807) is 0 Å². The van der Waals surface area contributed by atoms with Gasteiger partial charge in [-0.1, -0.05) is 6.42 Å². The van der Waals surface area contributed by atoms with E-state index in [0.29, 0.717) is 12.8 Å². The number of carbonyl (C=O) groups is 1. The fourth-order valence-electron chi connectivity index (χ4n) is 2.56. The number of hydrogen-bond acceptors (Lipinski definition) is 4. The van der Waals surface area contributed by atoms with E-state index in [4.69, 9.17) is 5.73 Å². The molecule has 2 aliphatic rings. The first-order valence-electron chi connectivity index (χ1n) is 5.85. The Morgan fingerprint density at radius 2 is 1.94 bits per heavy atom. The number of nitrogens with two attached hydrogens (primary N) is 1. The van der Waals surface area contributed by atoms with Crippen molar-refractivity contribution in [1.82, 2.24) is 0 Å². The molecule has 5 heteroatoms. The molecule has 2 rings (SSSR count). The molecule has 2 atom stereocenters. The maximum Gasteiger partial charge on any atom is 0.155 e. The molecule has 2 saturated carbocycles. The molecule has 0 aromatic carbocycles. The third-order valence-corrected chi connectivity index (χ3v) is 5.52. The summed E-state index contributed by atoms with van der Waals surface area (Å²) in [6.07, 6.45) is 5.61. The topological polar surface area (TPSA) is 77.2 Å². The quantitative estimate of drug-likeness (QED) is 0.792. The van der Waals surface area contributed by atoms with Crippen molar-refractivity contribution in [3.63, 3.8) is 0 Å². The lowest BCUT2D eigenvalue weighted by molar-refractivity contribution is -0.125. The lowest BCUT2D eigenvalue weighted by Gasteiger charge is -2.28. The normalized spacial score (nSPS) is 33.4. The van der Waals surface area contributed by atoms with Gasteiger partial charge in [0.1, 0.15) is 9.84 Å². The molecule has 0 radical (unpaired) electrons. The van der Waals surface area contributed by atoms with Crippen LogP contribution in [0.25, 0.3) is 0 Å². The Morgan fingerprint density at radius 3 is 2.44 bits per heavy atom. The first-order valence-corrected chi connectivity index (χ1v) is 7.80. The van der Waals surface area contributed by atoms with Crippen LogP contribution in [0.15, 0.2) is 0 Å². The summed E-state index contributed by atoms with van der Waals surface area (Å²) < 4.78 is 23.0. The lowest BCUT2D eigenvalue weighted by atomic mass is 9.83. The molecule has 4 nitrogen and oxygen atoms in total. The predicted octanol–water partition coefficient (Wildman–Crippen LogP) is 0.650. The molecule has 0 amide bonds. The number of carbonyl (C=O) groups excluding carboxylic acids is 1. The summed E-state index contributed by atoms with van der Waals surface area (Å²) in [5.41, 5.74) is 5.27. The summed E-state index contributed by atoms with van der Waals surface area (Å²) in [5, 5.41) is -0.336. The van der Waals surface area contributed by atoms with Crippen molar-refractivity contribution in [2.45, 2.75) is 49.3 Å². The standard InChI is InChI=1S/C11H19NO3S/c1-16(14,15)9-4-2-3-8(7-9)10(13)11(12)5-6-11/h8-9H,2-7,12H2,1H3. The highest BCUT2D eigenvalue weighted by Gasteiger charge is 2.49. The van der Waals surface area contributed by atoms with Crippen molar-refractivity contribution >= 4 is 15.6 Å². The fourth-order valence-corrected chi connectivity index (χ4v) is 3.74. The molecule has 16 heavy (non-hydrogen) atoms. The third-order valence-electron chi connectivity index (χ3n) is 3.88. The van der Waals surface area contributed by atoms with Crippen LogP contribution in [0.3, 0.4) is 0 Å². The van der Waals surface area contributed by atoms with Gasteiger partial charge in [0.2, 0.25) is 0 Å². The van der Waals surface area contributed by atoms with Crippen molar-refractivity contribution in [1.29, 1.82) is 0 Å². The first-order chi connectivity index (χ1) is 7.33. The van der Waals surface area contributed by atoms with E-state index in [0.717, 1.165) is 25.7 Å². The van der Waals surface area contributed by atoms with Crippen molar-refractivity contribution in [3.05, 3.63) is 0 Å². The van der Waals surface area contributed by atoms with Gasteiger partial charge in [-0.2, -0.15) is 0 Å². The molecule has 0 aliphatic heterocycles. The number of sulfone groups is 1. The number of hydrogen-bond donors (Lipinski definition) is 1. The molecule has 2 N–H and O–H groups in total. The molecule has 0 heterocycles. The Balaban J connectivity index is 2.05. The Kier molecular flexibility index (Phi) is 2.87. The van der Waals surface area contributed by atoms with Gasteiger partial charge in [-0.25, -0.2) is 8.42 Å². The minimum atomic E-state index is -3.01. The van der Waals surface area contributed by atoms with Gasteiger partial charge in [-0.3, -0.25) is 4.79 Å². The zero-order chi connectivity index (χ0) is 12.0. The van der Waals surface area contributed by atoms with Gasteiger partial charge < -0.3 is 5.73 Å². The second-order valence-electron chi connectivity index (χ2n) is 5.34. The van der Waals surface area contributed by atoms with E-state index in [2.05, 4.69) is 0 Å². The Bertz CT molecular complexity index is 397. The first kappa shape index (κ1) is 12.0. The average molecular weight is 245 g/mol. The van der Waals surface area contributed by atoms with Crippen LogP contribution >= 0.6 is 0 Å². The molecular weight excluding hydrogens is 226 g/mol. The zero-order valence-electron chi connectivity index (χ0n) is 9.61. The SMILES string of the molecule is CS(=O)(=O)C1CCCC(C(=O)C2(N)CC2)C1. The largest absolute Gasteiger partial charge is 0.319 e. The van der Waals surface area contributed by atoms with Gasteiger partial charge in [0, 0.05) is 12.2 Å². The van der Waals surface area contributed by atoms with Crippen LogP contribution in [0.1, 0.15) is 38.5 Å². The van der Waals surface area contributed by atoms with Crippen LogP contribution in [0.2, 0.25) is 0 Å². The molecule has 0 aromatic heterocycles. The van der Waals surface area contributed by atoms with Gasteiger partial charge in [0.25, 0.3) is 0 Å². The van der Waals surface area contributed by atoms with Crippen LogP contribution < -0.4 is 5.73 Å². The van der Waals surface area contributed by atoms with E-state index in [1.807, 2.05) is 0 Å². The smallest absolute Gasteiger partial charge is 0.155 e. The summed E-state index contributed by atoms with van der Waals surface area (Å²) >= 11 is 0. The van der Waals surface area contributed by atoms with E-state index in [-0.39, 0.29) is 17.0 Å². The highest BCUT2D eigenvalue weighted by atomic mass is 32.2. The molecule has 2 unspecified atom stereocenters. The van der Waals surface area contributed by atoms with Crippen LogP contribution in [0, 0.1) is 5.92 Å². The average Bonchev–Trinajstić information content (AvgIpc) is 2.96. The Morgan fingerprint density at radius 1 is 1.31 bits per heavy atom. The Labute approximate surface area is 96.5 Å². The van der Waals surface area contributed by atoms with Gasteiger partial charge >= 0.3 is 0 Å². The maximum absolute atomic E-state index is 12.0. The molecule has 0 aromatic rings. The maximum atomic E-state index is 12.0. The summed E-state index contributed by atoms with van der Waals surface area (Å²) in [6, 6.07) is 0. The van der Waals surface area contributed by atoms with Gasteiger partial charge in [0.05, 0.1) is 10.8 Å². The predicted molar refractivity (Wildman–Crippen MR) is 61.7 cm³/mol. The van der Waals surface area contributed by atoms with Crippen molar-refractivity contribution in [3.8, 4) is 0 Å². The minimum absolute atomic E-state index is 0.0980. The summed E-state index contributed by atoms with van der Waals surface area (Å²) in [6.45, 7) is 0. The zero-order valence-corrected chi connectivity index (χ0v) is 10.4. The van der Waals surface area contributed by atoms with Crippen LogP contribution in [-0.4, -0.2) is 31.2 Å².